The number of likely N-dealkylation sites (N-methyl/N-ethyl adjacent to an activating group) is 1. The van der Waals surface area contributed by atoms with Gasteiger partial charge in [-0.3, -0.25) is 14.7 Å². The van der Waals surface area contributed by atoms with Crippen LogP contribution in [-0.2, 0) is 17.9 Å². The highest BCUT2D eigenvalue weighted by Crippen LogP contribution is 2.32. The standard InChI is InChI=1S/C22H25N5O2/c1-26(11-17-5-3-4-10-23-17)14-21(28)27-12-19(22-20(13-27)24-15-25-22)16-6-8-18(29-2)9-7-16/h3-10,15,19H,11-14H2,1-2H3,(H,24,25). The van der Waals surface area contributed by atoms with E-state index in [0.29, 0.717) is 26.2 Å². The van der Waals surface area contributed by atoms with Crippen LogP contribution in [0.1, 0.15) is 28.6 Å². The van der Waals surface area contributed by atoms with E-state index in [0.717, 1.165) is 28.4 Å². The molecule has 3 aromatic rings. The van der Waals surface area contributed by atoms with Gasteiger partial charge in [0.15, 0.2) is 0 Å². The molecule has 7 heteroatoms. The highest BCUT2D eigenvalue weighted by molar-refractivity contribution is 5.78. The number of imidazole rings is 1. The average molecular weight is 391 g/mol. The van der Waals surface area contributed by atoms with Gasteiger partial charge in [0, 0.05) is 25.2 Å². The molecule has 1 aromatic carbocycles. The van der Waals surface area contributed by atoms with Gasteiger partial charge in [-0.25, -0.2) is 4.98 Å². The normalized spacial score (nSPS) is 16.0. The third-order valence-electron chi connectivity index (χ3n) is 5.27. The highest BCUT2D eigenvalue weighted by atomic mass is 16.5. The smallest absolute Gasteiger partial charge is 0.237 e. The molecule has 150 valence electrons. The molecule has 1 atom stereocenters. The molecule has 0 spiro atoms. The first-order valence-corrected chi connectivity index (χ1v) is 9.66. The number of methoxy groups -OCH3 is 1. The molecule has 1 aliphatic rings. The molecule has 4 rings (SSSR count). The van der Waals surface area contributed by atoms with Gasteiger partial charge in [-0.2, -0.15) is 0 Å². The number of carbonyl (C=O) groups excluding carboxylic acids is 1. The van der Waals surface area contributed by atoms with Crippen molar-refractivity contribution in [3.05, 3.63) is 77.6 Å². The molecule has 0 bridgehead atoms. The van der Waals surface area contributed by atoms with Crippen molar-refractivity contribution in [3.63, 3.8) is 0 Å². The van der Waals surface area contributed by atoms with E-state index in [-0.39, 0.29) is 11.8 Å². The van der Waals surface area contributed by atoms with Crippen LogP contribution in [0.15, 0.2) is 55.0 Å². The maximum absolute atomic E-state index is 13.0. The van der Waals surface area contributed by atoms with E-state index in [9.17, 15) is 4.79 Å². The Morgan fingerprint density at radius 1 is 1.24 bits per heavy atom. The Hall–Kier alpha value is -3.19. The van der Waals surface area contributed by atoms with Gasteiger partial charge in [-0.1, -0.05) is 18.2 Å². The molecule has 0 aliphatic carbocycles. The molecule has 0 fully saturated rings. The lowest BCUT2D eigenvalue weighted by molar-refractivity contribution is -0.133. The predicted octanol–water partition coefficient (Wildman–Crippen LogP) is 2.42. The van der Waals surface area contributed by atoms with Gasteiger partial charge < -0.3 is 14.6 Å². The molecule has 0 saturated heterocycles. The van der Waals surface area contributed by atoms with Gasteiger partial charge in [0.2, 0.25) is 5.91 Å². The number of amides is 1. The molecule has 7 nitrogen and oxygen atoms in total. The Bertz CT molecular complexity index is 955. The third-order valence-corrected chi connectivity index (χ3v) is 5.27. The first-order valence-electron chi connectivity index (χ1n) is 9.66. The van der Waals surface area contributed by atoms with Crippen molar-refractivity contribution >= 4 is 5.91 Å². The number of benzene rings is 1. The fourth-order valence-corrected chi connectivity index (χ4v) is 3.77. The zero-order chi connectivity index (χ0) is 20.2. The van der Waals surface area contributed by atoms with Crippen molar-refractivity contribution in [2.75, 3.05) is 27.2 Å². The minimum atomic E-state index is 0.0425. The van der Waals surface area contributed by atoms with Crippen molar-refractivity contribution in [3.8, 4) is 5.75 Å². The van der Waals surface area contributed by atoms with Gasteiger partial charge in [0.25, 0.3) is 0 Å². The second-order valence-corrected chi connectivity index (χ2v) is 7.36. The monoisotopic (exact) mass is 391 g/mol. The quantitative estimate of drug-likeness (QED) is 0.699. The summed E-state index contributed by atoms with van der Waals surface area (Å²) >= 11 is 0. The summed E-state index contributed by atoms with van der Waals surface area (Å²) in [5.41, 5.74) is 4.09. The summed E-state index contributed by atoms with van der Waals surface area (Å²) in [6.07, 6.45) is 3.48. The number of aromatic nitrogens is 3. The lowest BCUT2D eigenvalue weighted by Crippen LogP contribution is -2.43. The van der Waals surface area contributed by atoms with Gasteiger partial charge in [-0.15, -0.1) is 0 Å². The third kappa shape index (κ3) is 4.30. The number of H-pyrrole nitrogens is 1. The van der Waals surface area contributed by atoms with E-state index >= 15 is 0 Å². The van der Waals surface area contributed by atoms with Gasteiger partial charge in [0.1, 0.15) is 5.75 Å². The van der Waals surface area contributed by atoms with Crippen LogP contribution >= 0.6 is 0 Å². The summed E-state index contributed by atoms with van der Waals surface area (Å²) in [7, 11) is 3.60. The summed E-state index contributed by atoms with van der Waals surface area (Å²) in [6, 6.07) is 13.8. The van der Waals surface area contributed by atoms with Crippen molar-refractivity contribution in [2.24, 2.45) is 0 Å². The van der Waals surface area contributed by atoms with Gasteiger partial charge >= 0.3 is 0 Å². The Morgan fingerprint density at radius 3 is 2.79 bits per heavy atom. The van der Waals surface area contributed by atoms with E-state index in [1.54, 1.807) is 19.6 Å². The minimum absolute atomic E-state index is 0.0425. The largest absolute Gasteiger partial charge is 0.497 e. The Balaban J connectivity index is 1.47. The van der Waals surface area contributed by atoms with Crippen LogP contribution in [-0.4, -0.2) is 57.9 Å². The lowest BCUT2D eigenvalue weighted by Gasteiger charge is -2.33. The number of carbonyl (C=O) groups is 1. The number of fused-ring (bicyclic) bond motifs is 1. The summed E-state index contributed by atoms with van der Waals surface area (Å²) in [5, 5.41) is 0. The second kappa shape index (κ2) is 8.45. The number of rotatable bonds is 6. The lowest BCUT2D eigenvalue weighted by atomic mass is 9.91. The van der Waals surface area contributed by atoms with E-state index in [1.165, 1.54) is 0 Å². The van der Waals surface area contributed by atoms with E-state index in [1.807, 2.05) is 59.3 Å². The van der Waals surface area contributed by atoms with Crippen LogP contribution in [0.3, 0.4) is 0 Å². The molecular formula is C22H25N5O2. The van der Waals surface area contributed by atoms with Crippen LogP contribution in [0.25, 0.3) is 0 Å². The van der Waals surface area contributed by atoms with Crippen LogP contribution < -0.4 is 4.74 Å². The average Bonchev–Trinajstić information content (AvgIpc) is 3.22. The fourth-order valence-electron chi connectivity index (χ4n) is 3.77. The summed E-state index contributed by atoms with van der Waals surface area (Å²) < 4.78 is 5.27. The van der Waals surface area contributed by atoms with Gasteiger partial charge in [-0.05, 0) is 36.9 Å². The summed E-state index contributed by atoms with van der Waals surface area (Å²) in [6.45, 7) is 2.14. The SMILES string of the molecule is COc1ccc(C2CN(C(=O)CN(C)Cc3ccccn3)Cc3[nH]cnc32)cc1. The van der Waals surface area contributed by atoms with Crippen LogP contribution in [0, 0.1) is 0 Å². The molecule has 1 N–H and O–H groups in total. The molecule has 1 amide bonds. The predicted molar refractivity (Wildman–Crippen MR) is 109 cm³/mol. The molecule has 0 radical (unpaired) electrons. The first kappa shape index (κ1) is 19.1. The molecule has 29 heavy (non-hydrogen) atoms. The summed E-state index contributed by atoms with van der Waals surface area (Å²) in [4.78, 5) is 29.0. The zero-order valence-electron chi connectivity index (χ0n) is 16.7. The summed E-state index contributed by atoms with van der Waals surface area (Å²) in [5.74, 6) is 0.957. The van der Waals surface area contributed by atoms with Crippen molar-refractivity contribution in [2.45, 2.75) is 19.0 Å². The minimum Gasteiger partial charge on any atom is -0.497 e. The maximum Gasteiger partial charge on any atom is 0.237 e. The van der Waals surface area contributed by atoms with E-state index in [4.69, 9.17) is 4.74 Å². The molecule has 1 aliphatic heterocycles. The first-order chi connectivity index (χ1) is 14.1. The van der Waals surface area contributed by atoms with Crippen LogP contribution in [0.5, 0.6) is 5.75 Å². The number of pyridine rings is 1. The van der Waals surface area contributed by atoms with Crippen molar-refractivity contribution < 1.29 is 9.53 Å². The number of nitrogens with zero attached hydrogens (tertiary/aromatic N) is 4. The number of hydrogen-bond donors (Lipinski definition) is 1. The number of hydrogen-bond acceptors (Lipinski definition) is 5. The molecule has 0 saturated carbocycles. The van der Waals surface area contributed by atoms with Crippen LogP contribution in [0.2, 0.25) is 0 Å². The van der Waals surface area contributed by atoms with Crippen molar-refractivity contribution in [1.82, 2.24) is 24.8 Å². The van der Waals surface area contributed by atoms with E-state index in [2.05, 4.69) is 15.0 Å². The fraction of sp³-hybridized carbons (Fsp3) is 0.318. The topological polar surface area (TPSA) is 74.3 Å². The Labute approximate surface area is 170 Å². The van der Waals surface area contributed by atoms with Crippen LogP contribution in [0.4, 0.5) is 0 Å². The number of aromatic amines is 1. The number of ether oxygens (including phenoxy) is 1. The maximum atomic E-state index is 13.0. The van der Waals surface area contributed by atoms with E-state index < -0.39 is 0 Å². The highest BCUT2D eigenvalue weighted by Gasteiger charge is 2.31. The molecule has 3 heterocycles. The van der Waals surface area contributed by atoms with Crippen molar-refractivity contribution in [1.29, 1.82) is 0 Å². The zero-order valence-corrected chi connectivity index (χ0v) is 16.7. The molecule has 2 aromatic heterocycles. The Morgan fingerprint density at radius 2 is 2.07 bits per heavy atom. The molecule has 1 unspecified atom stereocenters. The van der Waals surface area contributed by atoms with Gasteiger partial charge in [0.05, 0.1) is 43.6 Å². The number of nitrogens with one attached hydrogen (secondary N) is 1. The second-order valence-electron chi connectivity index (χ2n) is 7.36. The molecular weight excluding hydrogens is 366 g/mol. The Kier molecular flexibility index (Phi) is 5.57.